The summed E-state index contributed by atoms with van der Waals surface area (Å²) in [5.74, 6) is -1.21. The maximum atomic E-state index is 15.1. The molecule has 0 bridgehead atoms. The maximum Gasteiger partial charge on any atom is 0.266 e. The Bertz CT molecular complexity index is 2980. The van der Waals surface area contributed by atoms with Crippen molar-refractivity contribution in [3.8, 4) is 0 Å². The Labute approximate surface area is 352 Å². The highest BCUT2D eigenvalue weighted by molar-refractivity contribution is 9.10. The van der Waals surface area contributed by atoms with E-state index in [4.69, 9.17) is 0 Å². The molecule has 0 aromatic heterocycles. The van der Waals surface area contributed by atoms with Crippen LogP contribution >= 0.6 is 15.9 Å². The number of nitrogens with zero attached hydrogens (tertiary/aromatic N) is 2. The zero-order valence-electron chi connectivity index (χ0n) is 34.6. The summed E-state index contributed by atoms with van der Waals surface area (Å²) in [4.78, 5) is 62.6. The molecule has 0 saturated heterocycles. The van der Waals surface area contributed by atoms with Crippen LogP contribution in [0.25, 0.3) is 43.1 Å². The topological polar surface area (TPSA) is 86.8 Å². The van der Waals surface area contributed by atoms with Gasteiger partial charge in [-0.15, -0.1) is 6.58 Å². The Balaban J connectivity index is 1.36. The molecule has 0 radical (unpaired) electrons. The molecule has 0 spiro atoms. The lowest BCUT2D eigenvalue weighted by Crippen LogP contribution is -2.42. The van der Waals surface area contributed by atoms with Gasteiger partial charge in [0.1, 0.15) is 0 Å². The summed E-state index contributed by atoms with van der Waals surface area (Å²) in [5.41, 5.74) is 7.50. The van der Waals surface area contributed by atoms with Gasteiger partial charge >= 0.3 is 0 Å². The fourth-order valence-corrected chi connectivity index (χ4v) is 10.3. The van der Waals surface area contributed by atoms with Gasteiger partial charge in [-0.25, -0.2) is 9.80 Å². The first kappa shape index (κ1) is 38.6. The standard InChI is InChI=1S/C51H46BrN3O4/c1-10-21-53-39-23-37-41-35(49(57)55(51(37)59)47-30(26(6)7)15-12-16-31(47)27(8)9)19-17-32-42-38(52)22-36-40-34(20-18-33(44(40)42)43(39)45(32)41)48(56)54(50(36)58)46-28(24(2)3)13-11-14-29(46)25(4)5/h10-20,22-27,53H,1,21H2,2-9H3. The van der Waals surface area contributed by atoms with E-state index in [0.29, 0.717) is 61.1 Å². The Morgan fingerprint density at radius 2 is 0.915 bits per heavy atom. The summed E-state index contributed by atoms with van der Waals surface area (Å²) in [6.07, 6.45) is 1.76. The summed E-state index contributed by atoms with van der Waals surface area (Å²) in [6, 6.07) is 23.3. The molecular weight excluding hydrogens is 798 g/mol. The van der Waals surface area contributed by atoms with Gasteiger partial charge in [-0.2, -0.15) is 0 Å². The number of fused-ring (bicyclic) bond motifs is 2. The number of amides is 4. The van der Waals surface area contributed by atoms with Gasteiger partial charge in [-0.05, 0) is 81.0 Å². The number of hydrogen-bond acceptors (Lipinski definition) is 5. The van der Waals surface area contributed by atoms with Crippen LogP contribution in [-0.2, 0) is 0 Å². The molecule has 7 aromatic rings. The maximum absolute atomic E-state index is 15.1. The van der Waals surface area contributed by atoms with E-state index in [1.807, 2.05) is 72.8 Å². The monoisotopic (exact) mass is 843 g/mol. The average Bonchev–Trinajstić information content (AvgIpc) is 3.20. The Kier molecular flexibility index (Phi) is 9.09. The number of para-hydroxylation sites is 2. The van der Waals surface area contributed by atoms with Crippen LogP contribution in [0.3, 0.4) is 0 Å². The Hall–Kier alpha value is -5.86. The smallest absolute Gasteiger partial charge is 0.266 e. The molecule has 59 heavy (non-hydrogen) atoms. The van der Waals surface area contributed by atoms with Gasteiger partial charge in [-0.1, -0.05) is 126 Å². The number of rotatable bonds is 9. The largest absolute Gasteiger partial charge is 0.381 e. The number of nitrogens with one attached hydrogen (secondary N) is 1. The quantitative estimate of drug-likeness (QED) is 0.0677. The highest BCUT2D eigenvalue weighted by Gasteiger charge is 2.41. The third-order valence-electron chi connectivity index (χ3n) is 12.4. The first-order valence-corrected chi connectivity index (χ1v) is 21.3. The van der Waals surface area contributed by atoms with Crippen molar-refractivity contribution in [2.75, 3.05) is 21.7 Å². The van der Waals surface area contributed by atoms with Crippen molar-refractivity contribution in [1.82, 2.24) is 0 Å². The van der Waals surface area contributed by atoms with E-state index in [9.17, 15) is 14.4 Å². The number of carbonyl (C=O) groups is 4. The summed E-state index contributed by atoms with van der Waals surface area (Å²) in [6.45, 7) is 21.0. The van der Waals surface area contributed by atoms with Crippen molar-refractivity contribution in [2.24, 2.45) is 0 Å². The summed E-state index contributed by atoms with van der Waals surface area (Å²) in [5, 5.41) is 9.48. The number of halogens is 1. The van der Waals surface area contributed by atoms with Gasteiger partial charge in [0.2, 0.25) is 0 Å². The van der Waals surface area contributed by atoms with Crippen LogP contribution in [-0.4, -0.2) is 30.2 Å². The molecule has 4 amide bonds. The number of hydrogen-bond donors (Lipinski definition) is 1. The van der Waals surface area contributed by atoms with Crippen molar-refractivity contribution >= 4 is 99.7 Å². The molecule has 7 aromatic carbocycles. The summed E-state index contributed by atoms with van der Waals surface area (Å²) in [7, 11) is 0. The van der Waals surface area contributed by atoms with E-state index < -0.39 is 0 Å². The second-order valence-corrected chi connectivity index (χ2v) is 18.1. The summed E-state index contributed by atoms with van der Waals surface area (Å²) < 4.78 is 0.678. The average molecular weight is 845 g/mol. The number of anilines is 3. The minimum absolute atomic E-state index is 0.0647. The highest BCUT2D eigenvalue weighted by atomic mass is 79.9. The third kappa shape index (κ3) is 5.38. The number of imide groups is 2. The Morgan fingerprint density at radius 3 is 1.34 bits per heavy atom. The van der Waals surface area contributed by atoms with E-state index in [-0.39, 0.29) is 47.3 Å². The van der Waals surface area contributed by atoms with Gasteiger partial charge < -0.3 is 5.32 Å². The highest BCUT2D eigenvalue weighted by Crippen LogP contribution is 2.52. The summed E-state index contributed by atoms with van der Waals surface area (Å²) >= 11 is 3.91. The number of benzene rings is 7. The van der Waals surface area contributed by atoms with Crippen molar-refractivity contribution in [1.29, 1.82) is 0 Å². The van der Waals surface area contributed by atoms with Crippen molar-refractivity contribution in [3.63, 3.8) is 0 Å². The first-order valence-electron chi connectivity index (χ1n) is 20.5. The molecule has 2 aliphatic rings. The lowest BCUT2D eigenvalue weighted by atomic mass is 9.81. The zero-order chi connectivity index (χ0) is 41.9. The lowest BCUT2D eigenvalue weighted by molar-refractivity contribution is 0.0877. The van der Waals surface area contributed by atoms with E-state index in [1.165, 1.54) is 9.80 Å². The molecule has 2 aliphatic heterocycles. The van der Waals surface area contributed by atoms with Gasteiger partial charge in [0.15, 0.2) is 0 Å². The predicted molar refractivity (Wildman–Crippen MR) is 246 cm³/mol. The van der Waals surface area contributed by atoms with Gasteiger partial charge in [0.25, 0.3) is 23.6 Å². The molecule has 0 aliphatic carbocycles. The van der Waals surface area contributed by atoms with Crippen LogP contribution in [0.5, 0.6) is 0 Å². The molecule has 9 rings (SSSR count). The van der Waals surface area contributed by atoms with E-state index in [1.54, 1.807) is 6.08 Å². The zero-order valence-corrected chi connectivity index (χ0v) is 36.2. The molecule has 8 heteroatoms. The van der Waals surface area contributed by atoms with Crippen LogP contribution < -0.4 is 15.1 Å². The van der Waals surface area contributed by atoms with E-state index in [2.05, 4.69) is 83.2 Å². The SMILES string of the molecule is C=CCNc1cc2c3c(ccc4c5c(Br)cc6c7c(ccc(c1c34)c75)C(=O)N(c1c(C(C)C)cccc1C(C)C)C6=O)C(=O)N(c1c(C(C)C)cccc1C(C)C)C2=O. The van der Waals surface area contributed by atoms with Crippen LogP contribution in [0, 0.1) is 0 Å². The fraction of sp³-hybridized carbons (Fsp3) is 0.255. The number of carbonyl (C=O) groups excluding carboxylic acids is 4. The van der Waals surface area contributed by atoms with Crippen LogP contribution in [0.4, 0.5) is 17.1 Å². The van der Waals surface area contributed by atoms with E-state index in [0.717, 1.165) is 54.6 Å². The van der Waals surface area contributed by atoms with Crippen molar-refractivity contribution in [3.05, 3.63) is 134 Å². The van der Waals surface area contributed by atoms with Crippen molar-refractivity contribution in [2.45, 2.75) is 79.1 Å². The first-order chi connectivity index (χ1) is 28.2. The van der Waals surface area contributed by atoms with Crippen LogP contribution in [0.2, 0.25) is 0 Å². The molecule has 0 unspecified atom stereocenters. The fourth-order valence-electron chi connectivity index (χ4n) is 9.69. The second kappa shape index (κ2) is 13.9. The molecule has 2 heterocycles. The van der Waals surface area contributed by atoms with Gasteiger partial charge in [0.05, 0.1) is 22.5 Å². The van der Waals surface area contributed by atoms with E-state index >= 15 is 4.79 Å². The predicted octanol–water partition coefficient (Wildman–Crippen LogP) is 13.2. The minimum Gasteiger partial charge on any atom is -0.381 e. The molecule has 0 atom stereocenters. The van der Waals surface area contributed by atoms with Crippen molar-refractivity contribution < 1.29 is 19.2 Å². The van der Waals surface area contributed by atoms with Gasteiger partial charge in [0, 0.05) is 60.1 Å². The second-order valence-electron chi connectivity index (χ2n) is 17.2. The minimum atomic E-state index is -0.378. The molecule has 0 saturated carbocycles. The van der Waals surface area contributed by atoms with Gasteiger partial charge in [-0.3, -0.25) is 19.2 Å². The molecule has 0 fully saturated rings. The normalized spacial score (nSPS) is 14.3. The molecule has 296 valence electrons. The molecular formula is C51H46BrN3O4. The lowest BCUT2D eigenvalue weighted by Gasteiger charge is -2.34. The molecule has 1 N–H and O–H groups in total. The van der Waals surface area contributed by atoms with Crippen LogP contribution in [0.15, 0.2) is 89.9 Å². The molecule has 7 nitrogen and oxygen atoms in total. The third-order valence-corrected chi connectivity index (χ3v) is 13.0. The van der Waals surface area contributed by atoms with Crippen LogP contribution in [0.1, 0.15) is 143 Å². The Morgan fingerprint density at radius 1 is 0.525 bits per heavy atom.